The summed E-state index contributed by atoms with van der Waals surface area (Å²) in [6.07, 6.45) is 6.51. The molecule has 25 heavy (non-hydrogen) atoms. The van der Waals surface area contributed by atoms with Gasteiger partial charge in [0.2, 0.25) is 0 Å². The number of aliphatic hydroxyl groups is 2. The predicted molar refractivity (Wildman–Crippen MR) is 93.8 cm³/mol. The number of allylic oxidation sites excluding steroid dienone is 3. The van der Waals surface area contributed by atoms with E-state index in [0.29, 0.717) is 12.0 Å². The third-order valence-corrected chi connectivity index (χ3v) is 5.83. The highest BCUT2D eigenvalue weighted by molar-refractivity contribution is 5.91. The molecule has 2 saturated heterocycles. The van der Waals surface area contributed by atoms with E-state index in [1.165, 1.54) is 5.57 Å². The third-order valence-electron chi connectivity index (χ3n) is 5.83. The van der Waals surface area contributed by atoms with Gasteiger partial charge in [-0.3, -0.25) is 0 Å². The Balaban J connectivity index is 1.86. The minimum Gasteiger partial charge on any atom is -0.455 e. The quantitative estimate of drug-likeness (QED) is 0.329. The van der Waals surface area contributed by atoms with Crippen molar-refractivity contribution < 1.29 is 24.5 Å². The molecular formula is C20H28O5. The van der Waals surface area contributed by atoms with Gasteiger partial charge < -0.3 is 19.7 Å². The lowest BCUT2D eigenvalue weighted by molar-refractivity contribution is -0.142. The van der Waals surface area contributed by atoms with Crippen molar-refractivity contribution in [2.24, 2.45) is 5.92 Å². The smallest absolute Gasteiger partial charge is 0.334 e. The van der Waals surface area contributed by atoms with Gasteiger partial charge in [-0.05, 0) is 51.5 Å². The van der Waals surface area contributed by atoms with Crippen LogP contribution in [0.15, 0.2) is 35.5 Å². The van der Waals surface area contributed by atoms with E-state index in [-0.39, 0.29) is 18.6 Å². The molecular weight excluding hydrogens is 320 g/mol. The summed E-state index contributed by atoms with van der Waals surface area (Å²) in [5.41, 5.74) is 1.96. The van der Waals surface area contributed by atoms with Crippen LogP contribution in [0.3, 0.4) is 0 Å². The number of fused-ring (bicyclic) bond motifs is 2. The molecule has 2 aliphatic heterocycles. The van der Waals surface area contributed by atoms with Crippen molar-refractivity contribution in [1.82, 2.24) is 0 Å². The van der Waals surface area contributed by atoms with Gasteiger partial charge in [0.1, 0.15) is 17.8 Å². The number of carbonyl (C=O) groups is 1. The van der Waals surface area contributed by atoms with E-state index < -0.39 is 23.8 Å². The minimum absolute atomic E-state index is 0.0370. The number of rotatable bonds is 1. The van der Waals surface area contributed by atoms with E-state index in [2.05, 4.69) is 19.6 Å². The molecule has 5 nitrogen and oxygen atoms in total. The van der Waals surface area contributed by atoms with Crippen molar-refractivity contribution in [3.8, 4) is 0 Å². The Hall–Kier alpha value is -1.43. The summed E-state index contributed by atoms with van der Waals surface area (Å²) < 4.78 is 11.3. The largest absolute Gasteiger partial charge is 0.455 e. The SMILES string of the molecule is C=C1C(=O)O[C@@H]2[C@@H]1C[C@@H]1O[C@]1(CO)CC/C=C(/C)CC/C=C(/C)[C@@H]2O. The Labute approximate surface area is 149 Å². The lowest BCUT2D eigenvalue weighted by atomic mass is 9.84. The van der Waals surface area contributed by atoms with Crippen molar-refractivity contribution in [3.05, 3.63) is 35.5 Å². The van der Waals surface area contributed by atoms with Crippen LogP contribution in [0.4, 0.5) is 0 Å². The van der Waals surface area contributed by atoms with E-state index in [1.807, 2.05) is 13.0 Å². The summed E-state index contributed by atoms with van der Waals surface area (Å²) in [5.74, 6) is -0.733. The zero-order chi connectivity index (χ0) is 18.2. The van der Waals surface area contributed by atoms with Crippen LogP contribution in [-0.4, -0.2) is 46.7 Å². The molecule has 2 heterocycles. The molecule has 3 aliphatic rings. The van der Waals surface area contributed by atoms with Gasteiger partial charge in [0.25, 0.3) is 0 Å². The molecule has 0 spiro atoms. The molecule has 3 rings (SSSR count). The second-order valence-electron chi connectivity index (χ2n) is 7.59. The molecule has 0 aromatic carbocycles. The van der Waals surface area contributed by atoms with Crippen LogP contribution in [0, 0.1) is 5.92 Å². The number of carbonyl (C=O) groups excluding carboxylic acids is 1. The Kier molecular flexibility index (Phi) is 5.19. The molecule has 5 atom stereocenters. The molecule has 0 radical (unpaired) electrons. The van der Waals surface area contributed by atoms with Gasteiger partial charge in [-0.25, -0.2) is 4.79 Å². The second kappa shape index (κ2) is 7.06. The molecule has 0 bridgehead atoms. The lowest BCUT2D eigenvalue weighted by Gasteiger charge is -2.24. The molecule has 0 unspecified atom stereocenters. The van der Waals surface area contributed by atoms with E-state index in [4.69, 9.17) is 9.47 Å². The van der Waals surface area contributed by atoms with Crippen molar-refractivity contribution in [3.63, 3.8) is 0 Å². The average molecular weight is 348 g/mol. The van der Waals surface area contributed by atoms with Gasteiger partial charge >= 0.3 is 5.97 Å². The lowest BCUT2D eigenvalue weighted by Crippen LogP contribution is -2.34. The van der Waals surface area contributed by atoms with Crippen LogP contribution in [-0.2, 0) is 14.3 Å². The number of ether oxygens (including phenoxy) is 2. The molecule has 1 aliphatic carbocycles. The van der Waals surface area contributed by atoms with Gasteiger partial charge in [-0.15, -0.1) is 0 Å². The maximum Gasteiger partial charge on any atom is 0.334 e. The highest BCUT2D eigenvalue weighted by Crippen LogP contribution is 2.47. The van der Waals surface area contributed by atoms with Gasteiger partial charge in [0.05, 0.1) is 12.7 Å². The van der Waals surface area contributed by atoms with E-state index in [0.717, 1.165) is 31.3 Å². The van der Waals surface area contributed by atoms with Crippen LogP contribution >= 0.6 is 0 Å². The standard InChI is InChI=1S/C20H28O5/c1-12-6-4-8-13(2)17(22)18-15(14(3)19(23)24-18)10-16-20(11-21,25-16)9-5-7-12/h7-8,15-18,21-22H,3-6,9-11H2,1-2H3/b12-7-,13-8-/t15-,16+,17+,18-,20+/m1/s1. The summed E-state index contributed by atoms with van der Waals surface area (Å²) >= 11 is 0. The van der Waals surface area contributed by atoms with E-state index >= 15 is 0 Å². The maximum absolute atomic E-state index is 12.0. The molecule has 0 saturated carbocycles. The summed E-state index contributed by atoms with van der Waals surface area (Å²) in [6, 6.07) is 0. The van der Waals surface area contributed by atoms with E-state index in [9.17, 15) is 15.0 Å². The topological polar surface area (TPSA) is 79.3 Å². The Bertz CT molecular complexity index is 620. The summed E-state index contributed by atoms with van der Waals surface area (Å²) in [4.78, 5) is 12.0. The van der Waals surface area contributed by atoms with Crippen LogP contribution in [0.1, 0.15) is 46.0 Å². The minimum atomic E-state index is -0.845. The van der Waals surface area contributed by atoms with Crippen LogP contribution in [0.2, 0.25) is 0 Å². The van der Waals surface area contributed by atoms with Crippen LogP contribution in [0.5, 0.6) is 0 Å². The molecule has 2 N–H and O–H groups in total. The van der Waals surface area contributed by atoms with Crippen molar-refractivity contribution >= 4 is 5.97 Å². The highest BCUT2D eigenvalue weighted by Gasteiger charge is 2.58. The number of esters is 1. The van der Waals surface area contributed by atoms with Gasteiger partial charge in [0.15, 0.2) is 0 Å². The zero-order valence-corrected chi connectivity index (χ0v) is 15.0. The normalized spacial score (nSPS) is 43.7. The number of hydrogen-bond donors (Lipinski definition) is 2. The van der Waals surface area contributed by atoms with Crippen molar-refractivity contribution in [2.75, 3.05) is 6.61 Å². The van der Waals surface area contributed by atoms with E-state index in [1.54, 1.807) is 0 Å². The third kappa shape index (κ3) is 3.59. The van der Waals surface area contributed by atoms with Gasteiger partial charge in [-0.1, -0.05) is 24.3 Å². The number of aliphatic hydroxyl groups excluding tert-OH is 2. The molecule has 5 heteroatoms. The Morgan fingerprint density at radius 1 is 1.32 bits per heavy atom. The summed E-state index contributed by atoms with van der Waals surface area (Å²) in [7, 11) is 0. The zero-order valence-electron chi connectivity index (χ0n) is 15.0. The number of hydrogen-bond acceptors (Lipinski definition) is 5. The molecule has 0 amide bonds. The van der Waals surface area contributed by atoms with Gasteiger partial charge in [0, 0.05) is 11.5 Å². The van der Waals surface area contributed by atoms with Crippen molar-refractivity contribution in [2.45, 2.75) is 69.9 Å². The van der Waals surface area contributed by atoms with Crippen LogP contribution < -0.4 is 0 Å². The Morgan fingerprint density at radius 3 is 2.80 bits per heavy atom. The monoisotopic (exact) mass is 348 g/mol. The first-order chi connectivity index (χ1) is 11.9. The summed E-state index contributed by atoms with van der Waals surface area (Å²) in [6.45, 7) is 7.79. The summed E-state index contributed by atoms with van der Waals surface area (Å²) in [5, 5.41) is 20.5. The average Bonchev–Trinajstić information content (AvgIpc) is 3.20. The molecule has 138 valence electrons. The second-order valence-corrected chi connectivity index (χ2v) is 7.59. The fourth-order valence-electron chi connectivity index (χ4n) is 3.95. The fourth-order valence-corrected chi connectivity index (χ4v) is 3.95. The van der Waals surface area contributed by atoms with Gasteiger partial charge in [-0.2, -0.15) is 0 Å². The van der Waals surface area contributed by atoms with Crippen LogP contribution in [0.25, 0.3) is 0 Å². The maximum atomic E-state index is 12.0. The van der Waals surface area contributed by atoms with Crippen molar-refractivity contribution in [1.29, 1.82) is 0 Å². The first-order valence-electron chi connectivity index (χ1n) is 9.07. The molecule has 0 aromatic heterocycles. The fraction of sp³-hybridized carbons (Fsp3) is 0.650. The first kappa shape index (κ1) is 18.4. The Morgan fingerprint density at radius 2 is 2.08 bits per heavy atom. The molecule has 0 aromatic rings. The highest BCUT2D eigenvalue weighted by atomic mass is 16.6. The first-order valence-corrected chi connectivity index (χ1v) is 9.07. The molecule has 2 fully saturated rings. The predicted octanol–water partition coefficient (Wildman–Crippen LogP) is 2.43. The number of epoxide rings is 1.